The van der Waals surface area contributed by atoms with Crippen LogP contribution in [0.1, 0.15) is 0 Å². The van der Waals surface area contributed by atoms with Crippen LogP contribution in [0.15, 0.2) is 34.2 Å². The Labute approximate surface area is 102 Å². The highest BCUT2D eigenvalue weighted by Crippen LogP contribution is 2.17. The molecule has 0 saturated carbocycles. The molecule has 0 saturated heterocycles. The summed E-state index contributed by atoms with van der Waals surface area (Å²) in [7, 11) is -3.87. The third-order valence-electron chi connectivity index (χ3n) is 1.70. The summed E-state index contributed by atoms with van der Waals surface area (Å²) in [5.74, 6) is -0.882. The van der Waals surface area contributed by atoms with Gasteiger partial charge in [-0.15, -0.1) is 0 Å². The number of hydrogen-bond donors (Lipinski definition) is 2. The van der Waals surface area contributed by atoms with Crippen molar-refractivity contribution >= 4 is 31.6 Å². The first kappa shape index (κ1) is 13.1. The number of rotatable bonds is 4. The zero-order valence-corrected chi connectivity index (χ0v) is 10.6. The molecule has 3 N–H and O–H groups in total. The SMILES string of the molecule is C=C(Br)CNS(=O)(=O)c1ccc(N)cc1F. The van der Waals surface area contributed by atoms with E-state index in [4.69, 9.17) is 5.73 Å². The van der Waals surface area contributed by atoms with Crippen molar-refractivity contribution < 1.29 is 12.8 Å². The van der Waals surface area contributed by atoms with Gasteiger partial charge in [0.1, 0.15) is 10.7 Å². The maximum atomic E-state index is 13.3. The normalized spacial score (nSPS) is 11.4. The Morgan fingerprint density at radius 3 is 2.69 bits per heavy atom. The van der Waals surface area contributed by atoms with E-state index in [0.29, 0.717) is 4.48 Å². The number of benzene rings is 1. The van der Waals surface area contributed by atoms with Crippen molar-refractivity contribution in [2.45, 2.75) is 4.90 Å². The molecule has 4 nitrogen and oxygen atoms in total. The first-order valence-electron chi connectivity index (χ1n) is 4.21. The standard InChI is InChI=1S/C9H10BrFN2O2S/c1-6(10)5-13-16(14,15)9-3-2-7(12)4-8(9)11/h2-4,13H,1,5,12H2. The van der Waals surface area contributed by atoms with Crippen molar-refractivity contribution in [3.63, 3.8) is 0 Å². The molecule has 16 heavy (non-hydrogen) atoms. The zero-order chi connectivity index (χ0) is 12.3. The minimum Gasteiger partial charge on any atom is -0.399 e. The average molecular weight is 309 g/mol. The van der Waals surface area contributed by atoms with Gasteiger partial charge in [0.2, 0.25) is 10.0 Å². The molecule has 1 aromatic rings. The molecule has 0 bridgehead atoms. The van der Waals surface area contributed by atoms with Crippen molar-refractivity contribution in [3.8, 4) is 0 Å². The summed E-state index contributed by atoms with van der Waals surface area (Å²) >= 11 is 2.99. The summed E-state index contributed by atoms with van der Waals surface area (Å²) in [4.78, 5) is -0.435. The Balaban J connectivity index is 3.03. The lowest BCUT2D eigenvalue weighted by Gasteiger charge is -2.07. The summed E-state index contributed by atoms with van der Waals surface area (Å²) in [5, 5.41) is 0. The molecule has 0 aliphatic rings. The minimum absolute atomic E-state index is 0.00779. The van der Waals surface area contributed by atoms with Gasteiger partial charge >= 0.3 is 0 Å². The van der Waals surface area contributed by atoms with Crippen LogP contribution in [0.3, 0.4) is 0 Å². The van der Waals surface area contributed by atoms with Gasteiger partial charge in [0, 0.05) is 16.7 Å². The van der Waals surface area contributed by atoms with Crippen LogP contribution < -0.4 is 10.5 Å². The third kappa shape index (κ3) is 3.29. The number of nitrogens with two attached hydrogens (primary N) is 1. The topological polar surface area (TPSA) is 72.2 Å². The van der Waals surface area contributed by atoms with E-state index in [1.165, 1.54) is 6.07 Å². The summed E-state index contributed by atoms with van der Waals surface area (Å²) in [6, 6.07) is 3.39. The smallest absolute Gasteiger partial charge is 0.243 e. The maximum absolute atomic E-state index is 13.3. The first-order valence-corrected chi connectivity index (χ1v) is 6.48. The van der Waals surface area contributed by atoms with Crippen molar-refractivity contribution in [1.82, 2.24) is 4.72 Å². The lowest BCUT2D eigenvalue weighted by molar-refractivity contribution is 0.560. The predicted octanol–water partition coefficient (Wildman–Crippen LogP) is 1.59. The number of sulfonamides is 1. The molecule has 0 spiro atoms. The lowest BCUT2D eigenvalue weighted by Crippen LogP contribution is -2.25. The van der Waals surface area contributed by atoms with Crippen LogP contribution in [0.25, 0.3) is 0 Å². The van der Waals surface area contributed by atoms with Crippen LogP contribution in [0, 0.1) is 5.82 Å². The molecule has 0 fully saturated rings. The second-order valence-electron chi connectivity index (χ2n) is 3.03. The summed E-state index contributed by atoms with van der Waals surface area (Å²) in [5.41, 5.74) is 5.48. The van der Waals surface area contributed by atoms with E-state index in [1.807, 2.05) is 0 Å². The van der Waals surface area contributed by atoms with Gasteiger partial charge in [0.15, 0.2) is 0 Å². The molecule has 0 heterocycles. The van der Waals surface area contributed by atoms with Crippen LogP contribution in [0.5, 0.6) is 0 Å². The lowest BCUT2D eigenvalue weighted by atomic mass is 10.3. The molecule has 0 aliphatic heterocycles. The number of halogens is 2. The van der Waals surface area contributed by atoms with Crippen LogP contribution in [-0.4, -0.2) is 15.0 Å². The average Bonchev–Trinajstić information content (AvgIpc) is 2.14. The second kappa shape index (κ2) is 4.94. The molecule has 0 unspecified atom stereocenters. The fourth-order valence-electron chi connectivity index (χ4n) is 0.986. The van der Waals surface area contributed by atoms with Crippen LogP contribution in [0.2, 0.25) is 0 Å². The molecule has 1 aromatic carbocycles. The Morgan fingerprint density at radius 1 is 1.56 bits per heavy atom. The number of nitrogens with one attached hydrogen (secondary N) is 1. The Morgan fingerprint density at radius 2 is 2.19 bits per heavy atom. The van der Waals surface area contributed by atoms with E-state index in [1.54, 1.807) is 0 Å². The van der Waals surface area contributed by atoms with Gasteiger partial charge in [-0.2, -0.15) is 0 Å². The molecule has 0 atom stereocenters. The van der Waals surface area contributed by atoms with Crippen LogP contribution in [-0.2, 0) is 10.0 Å². The van der Waals surface area contributed by atoms with E-state index >= 15 is 0 Å². The van der Waals surface area contributed by atoms with Gasteiger partial charge in [-0.3, -0.25) is 0 Å². The van der Waals surface area contributed by atoms with Gasteiger partial charge in [0.05, 0.1) is 0 Å². The van der Waals surface area contributed by atoms with Gasteiger partial charge in [-0.1, -0.05) is 22.5 Å². The summed E-state index contributed by atoms with van der Waals surface area (Å²) in [6.45, 7) is 3.46. The van der Waals surface area contributed by atoms with Crippen molar-refractivity contribution in [2.24, 2.45) is 0 Å². The highest BCUT2D eigenvalue weighted by atomic mass is 79.9. The third-order valence-corrected chi connectivity index (χ3v) is 3.41. The molecule has 88 valence electrons. The fraction of sp³-hybridized carbons (Fsp3) is 0.111. The first-order chi connectivity index (χ1) is 7.33. The summed E-state index contributed by atoms with van der Waals surface area (Å²) < 4.78 is 39.2. The quantitative estimate of drug-likeness (QED) is 0.830. The monoisotopic (exact) mass is 308 g/mol. The van der Waals surface area contributed by atoms with Gasteiger partial charge < -0.3 is 5.73 Å². The molecule has 0 aliphatic carbocycles. The molecule has 0 aromatic heterocycles. The molecule has 0 amide bonds. The molecule has 0 radical (unpaired) electrons. The predicted molar refractivity (Wildman–Crippen MR) is 64.1 cm³/mol. The van der Waals surface area contributed by atoms with Crippen LogP contribution in [0.4, 0.5) is 10.1 Å². The zero-order valence-electron chi connectivity index (χ0n) is 8.20. The molecule has 7 heteroatoms. The van der Waals surface area contributed by atoms with Crippen molar-refractivity contribution in [3.05, 3.63) is 35.1 Å². The molecular weight excluding hydrogens is 299 g/mol. The Kier molecular flexibility index (Phi) is 4.06. The van der Waals surface area contributed by atoms with E-state index in [0.717, 1.165) is 12.1 Å². The maximum Gasteiger partial charge on any atom is 0.243 e. The van der Waals surface area contributed by atoms with Gasteiger partial charge in [-0.25, -0.2) is 17.5 Å². The number of nitrogen functional groups attached to an aromatic ring is 1. The van der Waals surface area contributed by atoms with Crippen LogP contribution >= 0.6 is 15.9 Å². The number of anilines is 1. The fourth-order valence-corrected chi connectivity index (χ4v) is 2.39. The Bertz CT molecular complexity index is 516. The molecular formula is C9H10BrFN2O2S. The summed E-state index contributed by atoms with van der Waals surface area (Å²) in [6.07, 6.45) is 0. The van der Waals surface area contributed by atoms with Gasteiger partial charge in [-0.05, 0) is 18.2 Å². The van der Waals surface area contributed by atoms with Crippen molar-refractivity contribution in [2.75, 3.05) is 12.3 Å². The largest absolute Gasteiger partial charge is 0.399 e. The second-order valence-corrected chi connectivity index (χ2v) is 5.89. The van der Waals surface area contributed by atoms with E-state index < -0.39 is 20.7 Å². The van der Waals surface area contributed by atoms with Gasteiger partial charge in [0.25, 0.3) is 0 Å². The minimum atomic E-state index is -3.87. The van der Waals surface area contributed by atoms with E-state index in [-0.39, 0.29) is 12.2 Å². The Hall–Kier alpha value is -0.920. The van der Waals surface area contributed by atoms with E-state index in [9.17, 15) is 12.8 Å². The number of hydrogen-bond acceptors (Lipinski definition) is 3. The molecule has 1 rings (SSSR count). The van der Waals surface area contributed by atoms with Crippen molar-refractivity contribution in [1.29, 1.82) is 0 Å². The highest BCUT2D eigenvalue weighted by Gasteiger charge is 2.18. The van der Waals surface area contributed by atoms with E-state index in [2.05, 4.69) is 27.2 Å². The highest BCUT2D eigenvalue weighted by molar-refractivity contribution is 9.11.